The summed E-state index contributed by atoms with van der Waals surface area (Å²) in [6.45, 7) is 7.91. The Hall–Kier alpha value is -5.24. The summed E-state index contributed by atoms with van der Waals surface area (Å²) in [5, 5.41) is 1.82. The van der Waals surface area contributed by atoms with Gasteiger partial charge in [-0.3, -0.25) is 23.3 Å². The lowest BCUT2D eigenvalue weighted by Gasteiger charge is -2.37. The van der Waals surface area contributed by atoms with E-state index in [1.165, 1.54) is 23.5 Å². The maximum atomic E-state index is 13.9. The Morgan fingerprint density at radius 3 is 2.08 bits per heavy atom. The Bertz CT molecular complexity index is 2180. The number of methoxy groups -OCH3 is 2. The summed E-state index contributed by atoms with van der Waals surface area (Å²) < 4.78 is 89.4. The molecule has 0 bridgehead atoms. The van der Waals surface area contributed by atoms with Crippen LogP contribution < -0.4 is 26.0 Å². The minimum absolute atomic E-state index is 0.00318. The van der Waals surface area contributed by atoms with Crippen LogP contribution in [0.3, 0.4) is 0 Å². The summed E-state index contributed by atoms with van der Waals surface area (Å²) in [5.41, 5.74) is -0.243. The molecule has 3 aromatic carbocycles. The molecule has 1 aliphatic heterocycles. The molecule has 1 saturated heterocycles. The Balaban J connectivity index is 1.43. The van der Waals surface area contributed by atoms with E-state index in [-0.39, 0.29) is 45.7 Å². The van der Waals surface area contributed by atoms with Gasteiger partial charge >= 0.3 is 25.4 Å². The monoisotopic (exact) mass is 856 g/mol. The van der Waals surface area contributed by atoms with Crippen LogP contribution in [0.2, 0.25) is 0 Å². The predicted octanol–water partition coefficient (Wildman–Crippen LogP) is 6.71. The van der Waals surface area contributed by atoms with E-state index in [0.29, 0.717) is 30.8 Å². The van der Waals surface area contributed by atoms with Gasteiger partial charge in [-0.25, -0.2) is 11.4 Å². The average molecular weight is 857 g/mol. The van der Waals surface area contributed by atoms with E-state index in [9.17, 15) is 32.1 Å². The third kappa shape index (κ3) is 11.5. The molecular formula is C42H48F3N4O10P. The van der Waals surface area contributed by atoms with Crippen LogP contribution in [-0.2, 0) is 40.0 Å². The number of nitrogens with one attached hydrogen (secondary N) is 1. The van der Waals surface area contributed by atoms with Gasteiger partial charge in [-0.2, -0.15) is 13.2 Å². The second kappa shape index (κ2) is 20.8. The molecule has 0 radical (unpaired) electrons. The van der Waals surface area contributed by atoms with E-state index in [2.05, 4.69) is 4.85 Å². The first-order valence-electron chi connectivity index (χ1n) is 19.3. The Morgan fingerprint density at radius 2 is 1.50 bits per heavy atom. The first-order chi connectivity index (χ1) is 28.7. The fourth-order valence-corrected chi connectivity index (χ4v) is 8.14. The third-order valence-corrected chi connectivity index (χ3v) is 11.2. The molecule has 1 N–H and O–H groups in total. The molecule has 0 saturated carbocycles. The number of halogens is 3. The fraction of sp³-hybridized carbons (Fsp3) is 0.429. The minimum atomic E-state index is -4.96. The van der Waals surface area contributed by atoms with Crippen LogP contribution in [0.5, 0.6) is 11.5 Å². The van der Waals surface area contributed by atoms with Crippen molar-refractivity contribution in [3.8, 4) is 11.5 Å². The largest absolute Gasteiger partial charge is 0.497 e. The molecule has 60 heavy (non-hydrogen) atoms. The molecule has 5 rings (SSSR count). The summed E-state index contributed by atoms with van der Waals surface area (Å²) in [5.74, 6) is -0.748. The number of hydrogen-bond acceptors (Lipinski definition) is 10. The second-order valence-electron chi connectivity index (χ2n) is 14.0. The molecule has 2 heterocycles. The van der Waals surface area contributed by atoms with Gasteiger partial charge in [0, 0.05) is 38.4 Å². The number of rotatable bonds is 21. The van der Waals surface area contributed by atoms with E-state index in [0.717, 1.165) is 21.3 Å². The van der Waals surface area contributed by atoms with Crippen molar-refractivity contribution in [2.75, 3.05) is 47.2 Å². The third-order valence-electron chi connectivity index (χ3n) is 9.93. The maximum absolute atomic E-state index is 13.9. The molecule has 0 aliphatic carbocycles. The summed E-state index contributed by atoms with van der Waals surface area (Å²) in [6, 6.07) is 25.6. The average Bonchev–Trinajstić information content (AvgIpc) is 3.62. The zero-order valence-corrected chi connectivity index (χ0v) is 34.4. The normalized spacial score (nSPS) is 17.7. The molecular weight excluding hydrogens is 808 g/mol. The maximum Gasteiger partial charge on any atom is 0.471 e. The van der Waals surface area contributed by atoms with Crippen molar-refractivity contribution in [2.24, 2.45) is 0 Å². The summed E-state index contributed by atoms with van der Waals surface area (Å²) in [6.07, 6.45) is -4.98. The number of carbonyl (C=O) groups is 1. The molecule has 18 heteroatoms. The van der Waals surface area contributed by atoms with E-state index in [4.69, 9.17) is 34.6 Å². The lowest BCUT2D eigenvalue weighted by atomic mass is 9.80. The van der Waals surface area contributed by atoms with E-state index < -0.39 is 55.0 Å². The molecule has 14 nitrogen and oxygen atoms in total. The van der Waals surface area contributed by atoms with Crippen LogP contribution in [0.15, 0.2) is 101 Å². The lowest BCUT2D eigenvalue weighted by molar-refractivity contribution is -0.173. The van der Waals surface area contributed by atoms with Crippen LogP contribution in [0.1, 0.15) is 55.0 Å². The Labute approximate surface area is 345 Å². The molecule has 4 aromatic rings. The van der Waals surface area contributed by atoms with Gasteiger partial charge in [0.05, 0.1) is 26.9 Å². The lowest BCUT2D eigenvalue weighted by Crippen LogP contribution is -2.40. The number of ether oxygens (including phenoxy) is 4. The van der Waals surface area contributed by atoms with Crippen molar-refractivity contribution >= 4 is 13.5 Å². The topological polar surface area (TPSA) is 150 Å². The van der Waals surface area contributed by atoms with Gasteiger partial charge in [-0.1, -0.05) is 67.4 Å². The van der Waals surface area contributed by atoms with Crippen molar-refractivity contribution in [1.82, 2.24) is 14.5 Å². The number of unbranched alkanes of at least 4 members (excludes halogenated alkanes) is 3. The van der Waals surface area contributed by atoms with Crippen LogP contribution in [0, 0.1) is 6.57 Å². The predicted molar refractivity (Wildman–Crippen MR) is 215 cm³/mol. The SMILES string of the molecule is [C-]#[N+]CCOP(C)(=O)OC1CC(n2ccc(=O)n(CCCCCCNC(=O)C(F)(F)F)c2=O)OC1COC(c1ccccc1)(c1ccc(OC)cc1)c1ccc(OC)cc1. The Kier molecular flexibility index (Phi) is 15.9. The second-order valence-corrected chi connectivity index (χ2v) is 16.0. The van der Waals surface area contributed by atoms with Gasteiger partial charge in [-0.15, -0.1) is 0 Å². The number of carbonyl (C=O) groups excluding carboxylic acids is 1. The smallest absolute Gasteiger partial charge is 0.471 e. The van der Waals surface area contributed by atoms with Crippen LogP contribution >= 0.6 is 7.60 Å². The van der Waals surface area contributed by atoms with Crippen LogP contribution in [-0.4, -0.2) is 80.6 Å². The number of amides is 1. The van der Waals surface area contributed by atoms with Gasteiger partial charge in [0.1, 0.15) is 36.0 Å². The molecule has 1 aromatic heterocycles. The number of nitrogens with zero attached hydrogens (tertiary/aromatic N) is 3. The summed E-state index contributed by atoms with van der Waals surface area (Å²) in [4.78, 5) is 41.0. The standard InChI is InChI=1S/C42H48F3N4O10P/c1-46-24-27-57-60(4,53)59-35-28-38(49-26-22-37(50)48(40(49)52)25-11-6-5-10-23-47-39(51)42(43,44)45)58-36(35)29-56-41(30-12-8-7-9-13-30,31-14-18-33(54-2)19-15-31)32-16-20-34(55-3)21-17-32/h7-9,12-22,26,35-36,38H,5-6,10-11,23-25,27-29H2,2-4H3,(H,47,51). The quantitative estimate of drug-likeness (QED) is 0.0415. The van der Waals surface area contributed by atoms with Gasteiger partial charge < -0.3 is 38.2 Å². The first-order valence-corrected chi connectivity index (χ1v) is 21.3. The van der Waals surface area contributed by atoms with Crippen molar-refractivity contribution in [3.63, 3.8) is 0 Å². The summed E-state index contributed by atoms with van der Waals surface area (Å²) in [7, 11) is -0.640. The van der Waals surface area contributed by atoms with Gasteiger partial charge in [0.25, 0.3) is 5.56 Å². The van der Waals surface area contributed by atoms with Crippen molar-refractivity contribution in [3.05, 3.63) is 140 Å². The molecule has 1 amide bonds. The molecule has 0 spiro atoms. The molecule has 1 fully saturated rings. The van der Waals surface area contributed by atoms with E-state index in [1.54, 1.807) is 14.2 Å². The molecule has 1 aliphatic rings. The van der Waals surface area contributed by atoms with Gasteiger partial charge in [-0.05, 0) is 53.8 Å². The Morgan fingerprint density at radius 1 is 0.900 bits per heavy atom. The zero-order valence-electron chi connectivity index (χ0n) is 33.5. The number of hydrogen-bond donors (Lipinski definition) is 1. The van der Waals surface area contributed by atoms with Crippen LogP contribution in [0.25, 0.3) is 4.85 Å². The highest BCUT2D eigenvalue weighted by molar-refractivity contribution is 7.53. The number of aromatic nitrogens is 2. The molecule has 322 valence electrons. The van der Waals surface area contributed by atoms with Gasteiger partial charge in [0.2, 0.25) is 6.54 Å². The number of alkyl halides is 3. The summed E-state index contributed by atoms with van der Waals surface area (Å²) >= 11 is 0. The minimum Gasteiger partial charge on any atom is -0.497 e. The zero-order chi connectivity index (χ0) is 43.3. The highest BCUT2D eigenvalue weighted by Gasteiger charge is 2.45. The van der Waals surface area contributed by atoms with Crippen molar-refractivity contribution in [1.29, 1.82) is 0 Å². The van der Waals surface area contributed by atoms with Crippen LogP contribution in [0.4, 0.5) is 13.2 Å². The fourth-order valence-electron chi connectivity index (χ4n) is 6.95. The molecule has 4 atom stereocenters. The molecule has 4 unspecified atom stereocenters. The number of benzene rings is 3. The highest BCUT2D eigenvalue weighted by Crippen LogP contribution is 2.49. The van der Waals surface area contributed by atoms with Gasteiger partial charge in [0.15, 0.2) is 0 Å². The van der Waals surface area contributed by atoms with E-state index >= 15 is 0 Å². The van der Waals surface area contributed by atoms with E-state index in [1.807, 2.05) is 84.2 Å². The van der Waals surface area contributed by atoms with Crippen molar-refractivity contribution in [2.45, 2.75) is 68.9 Å². The van der Waals surface area contributed by atoms with Crippen molar-refractivity contribution < 1.29 is 50.5 Å². The first kappa shape index (κ1) is 45.8. The highest BCUT2D eigenvalue weighted by atomic mass is 31.2.